The van der Waals surface area contributed by atoms with Gasteiger partial charge in [-0.1, -0.05) is 19.8 Å². The van der Waals surface area contributed by atoms with Crippen LogP contribution < -0.4 is 15.2 Å². The molecule has 2 unspecified atom stereocenters. The van der Waals surface area contributed by atoms with Crippen molar-refractivity contribution in [3.8, 4) is 11.5 Å². The van der Waals surface area contributed by atoms with Gasteiger partial charge in [-0.3, -0.25) is 0 Å². The van der Waals surface area contributed by atoms with E-state index >= 15 is 0 Å². The van der Waals surface area contributed by atoms with Gasteiger partial charge in [0.1, 0.15) is 13.2 Å². The Morgan fingerprint density at radius 1 is 1.15 bits per heavy atom. The maximum Gasteiger partial charge on any atom is 0.163 e. The van der Waals surface area contributed by atoms with Crippen LogP contribution in [0, 0.1) is 5.92 Å². The summed E-state index contributed by atoms with van der Waals surface area (Å²) in [6.45, 7) is 4.01. The Hall–Kier alpha value is -1.42. The van der Waals surface area contributed by atoms with Gasteiger partial charge >= 0.3 is 0 Å². The normalized spacial score (nSPS) is 25.4. The van der Waals surface area contributed by atoms with Crippen LogP contribution in [-0.4, -0.2) is 19.3 Å². The largest absolute Gasteiger partial charge is 0.486 e. The second-order valence-electron chi connectivity index (χ2n) is 5.81. The first kappa shape index (κ1) is 13.6. The maximum absolute atomic E-state index is 6.08. The van der Waals surface area contributed by atoms with Gasteiger partial charge in [0.25, 0.3) is 0 Å². The molecule has 0 amide bonds. The molecular weight excluding hydrogens is 254 g/mol. The number of rotatable bonds is 3. The van der Waals surface area contributed by atoms with Gasteiger partial charge in [-0.25, -0.2) is 0 Å². The summed E-state index contributed by atoms with van der Waals surface area (Å²) in [5, 5.41) is 0. The highest BCUT2D eigenvalue weighted by Gasteiger charge is 2.22. The van der Waals surface area contributed by atoms with Gasteiger partial charge in [0.15, 0.2) is 11.5 Å². The molecule has 0 spiro atoms. The van der Waals surface area contributed by atoms with Crippen molar-refractivity contribution < 1.29 is 14.2 Å². The SMILES string of the molecule is CC1CCCCC1OCc1cc2c(cc1N)OCCO2. The Morgan fingerprint density at radius 3 is 2.60 bits per heavy atom. The van der Waals surface area contributed by atoms with Crippen LogP contribution in [0.3, 0.4) is 0 Å². The van der Waals surface area contributed by atoms with Crippen molar-refractivity contribution in [1.82, 2.24) is 0 Å². The average Bonchev–Trinajstić information content (AvgIpc) is 2.46. The third kappa shape index (κ3) is 2.85. The molecule has 4 nitrogen and oxygen atoms in total. The zero-order chi connectivity index (χ0) is 13.9. The van der Waals surface area contributed by atoms with E-state index in [9.17, 15) is 0 Å². The van der Waals surface area contributed by atoms with Crippen LogP contribution in [0.1, 0.15) is 38.2 Å². The Morgan fingerprint density at radius 2 is 1.85 bits per heavy atom. The van der Waals surface area contributed by atoms with Gasteiger partial charge in [0.05, 0.1) is 12.7 Å². The molecule has 0 radical (unpaired) electrons. The van der Waals surface area contributed by atoms with Crippen molar-refractivity contribution in [2.24, 2.45) is 5.92 Å². The van der Waals surface area contributed by atoms with E-state index in [0.717, 1.165) is 29.2 Å². The summed E-state index contributed by atoms with van der Waals surface area (Å²) in [4.78, 5) is 0. The number of nitrogen functional groups attached to an aromatic ring is 1. The summed E-state index contributed by atoms with van der Waals surface area (Å²) < 4.78 is 17.2. The van der Waals surface area contributed by atoms with Crippen LogP contribution >= 0.6 is 0 Å². The van der Waals surface area contributed by atoms with Crippen molar-refractivity contribution in [3.05, 3.63) is 17.7 Å². The molecule has 0 saturated heterocycles. The predicted molar refractivity (Wildman–Crippen MR) is 78.1 cm³/mol. The molecular formula is C16H23NO3. The van der Waals surface area contributed by atoms with Gasteiger partial charge < -0.3 is 19.9 Å². The van der Waals surface area contributed by atoms with Crippen molar-refractivity contribution in [2.75, 3.05) is 18.9 Å². The minimum absolute atomic E-state index is 0.358. The lowest BCUT2D eigenvalue weighted by molar-refractivity contribution is -0.0153. The summed E-state index contributed by atoms with van der Waals surface area (Å²) in [5.74, 6) is 2.16. The fraction of sp³-hybridized carbons (Fsp3) is 0.625. The van der Waals surface area contributed by atoms with Crippen LogP contribution in [0.15, 0.2) is 12.1 Å². The molecule has 2 aliphatic rings. The van der Waals surface area contributed by atoms with E-state index in [1.165, 1.54) is 19.3 Å². The fourth-order valence-corrected chi connectivity index (χ4v) is 3.00. The second kappa shape index (κ2) is 5.92. The van der Waals surface area contributed by atoms with Crippen molar-refractivity contribution >= 4 is 5.69 Å². The molecule has 2 atom stereocenters. The molecule has 20 heavy (non-hydrogen) atoms. The lowest BCUT2D eigenvalue weighted by Crippen LogP contribution is -2.25. The lowest BCUT2D eigenvalue weighted by atomic mass is 9.88. The lowest BCUT2D eigenvalue weighted by Gasteiger charge is -2.29. The molecule has 3 rings (SSSR count). The quantitative estimate of drug-likeness (QED) is 0.862. The van der Waals surface area contributed by atoms with Gasteiger partial charge in [0, 0.05) is 17.3 Å². The number of benzene rings is 1. The predicted octanol–water partition coefficient (Wildman–Crippen LogP) is 3.14. The van der Waals surface area contributed by atoms with Crippen LogP contribution in [0.25, 0.3) is 0 Å². The van der Waals surface area contributed by atoms with E-state index in [1.54, 1.807) is 0 Å². The standard InChI is InChI=1S/C16H23NO3/c1-11-4-2-3-5-14(11)20-10-12-8-15-16(9-13(12)17)19-7-6-18-15/h8-9,11,14H,2-7,10,17H2,1H3. The molecule has 1 fully saturated rings. The van der Waals surface area contributed by atoms with Crippen molar-refractivity contribution in [3.63, 3.8) is 0 Å². The van der Waals surface area contributed by atoms with E-state index in [0.29, 0.717) is 31.8 Å². The highest BCUT2D eigenvalue weighted by molar-refractivity contribution is 5.58. The summed E-state index contributed by atoms with van der Waals surface area (Å²) in [6.07, 6.45) is 5.38. The number of fused-ring (bicyclic) bond motifs is 1. The third-order valence-corrected chi connectivity index (χ3v) is 4.29. The molecule has 2 N–H and O–H groups in total. The molecule has 1 aliphatic heterocycles. The minimum atomic E-state index is 0.358. The van der Waals surface area contributed by atoms with E-state index in [4.69, 9.17) is 19.9 Å². The molecule has 110 valence electrons. The second-order valence-corrected chi connectivity index (χ2v) is 5.81. The maximum atomic E-state index is 6.08. The minimum Gasteiger partial charge on any atom is -0.486 e. The molecule has 1 aliphatic carbocycles. The van der Waals surface area contributed by atoms with Gasteiger partial charge in [-0.05, 0) is 24.8 Å². The number of hydrogen-bond acceptors (Lipinski definition) is 4. The first-order chi connectivity index (χ1) is 9.74. The van der Waals surface area contributed by atoms with Gasteiger partial charge in [-0.15, -0.1) is 0 Å². The fourth-order valence-electron chi connectivity index (χ4n) is 3.00. The van der Waals surface area contributed by atoms with E-state index in [-0.39, 0.29) is 0 Å². The van der Waals surface area contributed by atoms with E-state index in [1.807, 2.05) is 12.1 Å². The molecule has 4 heteroatoms. The number of nitrogens with two attached hydrogens (primary N) is 1. The molecule has 1 saturated carbocycles. The number of hydrogen-bond donors (Lipinski definition) is 1. The summed E-state index contributed by atoms with van der Waals surface area (Å²) >= 11 is 0. The van der Waals surface area contributed by atoms with Gasteiger partial charge in [-0.2, -0.15) is 0 Å². The van der Waals surface area contributed by atoms with Gasteiger partial charge in [0.2, 0.25) is 0 Å². The number of anilines is 1. The van der Waals surface area contributed by atoms with Crippen LogP contribution in [-0.2, 0) is 11.3 Å². The summed E-state index contributed by atoms with van der Waals surface area (Å²) in [6, 6.07) is 3.80. The zero-order valence-electron chi connectivity index (χ0n) is 12.1. The van der Waals surface area contributed by atoms with E-state index in [2.05, 4.69) is 6.92 Å². The average molecular weight is 277 g/mol. The summed E-state index contributed by atoms with van der Waals surface area (Å²) in [7, 11) is 0. The topological polar surface area (TPSA) is 53.7 Å². The van der Waals surface area contributed by atoms with Crippen LogP contribution in [0.4, 0.5) is 5.69 Å². The Labute approximate surface area is 120 Å². The summed E-state index contributed by atoms with van der Waals surface area (Å²) in [5.41, 5.74) is 7.79. The smallest absolute Gasteiger partial charge is 0.163 e. The third-order valence-electron chi connectivity index (χ3n) is 4.29. The van der Waals surface area contributed by atoms with Crippen LogP contribution in [0.2, 0.25) is 0 Å². The zero-order valence-corrected chi connectivity index (χ0v) is 12.1. The molecule has 1 heterocycles. The van der Waals surface area contributed by atoms with Crippen molar-refractivity contribution in [2.45, 2.75) is 45.3 Å². The Kier molecular flexibility index (Phi) is 4.01. The molecule has 0 bridgehead atoms. The first-order valence-electron chi connectivity index (χ1n) is 7.53. The molecule has 1 aromatic carbocycles. The number of ether oxygens (including phenoxy) is 3. The molecule has 0 aromatic heterocycles. The Bertz CT molecular complexity index is 475. The van der Waals surface area contributed by atoms with Crippen molar-refractivity contribution in [1.29, 1.82) is 0 Å². The van der Waals surface area contributed by atoms with E-state index < -0.39 is 0 Å². The Balaban J connectivity index is 1.67. The highest BCUT2D eigenvalue weighted by Crippen LogP contribution is 2.35. The van der Waals surface area contributed by atoms with Crippen LogP contribution in [0.5, 0.6) is 11.5 Å². The monoisotopic (exact) mass is 277 g/mol. The molecule has 1 aromatic rings. The first-order valence-corrected chi connectivity index (χ1v) is 7.53. The highest BCUT2D eigenvalue weighted by atomic mass is 16.6.